The van der Waals surface area contributed by atoms with Crippen molar-refractivity contribution in [3.63, 3.8) is 0 Å². The molecule has 1 fully saturated rings. The first-order valence-corrected chi connectivity index (χ1v) is 10.6. The molecule has 4 heterocycles. The number of hydrogen-bond donors (Lipinski definition) is 1. The Morgan fingerprint density at radius 2 is 1.90 bits per heavy atom. The third-order valence-electron chi connectivity index (χ3n) is 4.99. The van der Waals surface area contributed by atoms with Crippen LogP contribution in [0.15, 0.2) is 52.2 Å². The Morgan fingerprint density at radius 3 is 2.72 bits per heavy atom. The van der Waals surface area contributed by atoms with E-state index < -0.39 is 0 Å². The summed E-state index contributed by atoms with van der Waals surface area (Å²) >= 11 is 1.56. The van der Waals surface area contributed by atoms with Gasteiger partial charge in [-0.2, -0.15) is 0 Å². The fourth-order valence-electron chi connectivity index (χ4n) is 3.58. The second-order valence-electron chi connectivity index (χ2n) is 6.97. The second kappa shape index (κ2) is 7.75. The van der Waals surface area contributed by atoms with Crippen LogP contribution in [0.2, 0.25) is 0 Å². The lowest BCUT2D eigenvalue weighted by molar-refractivity contribution is 0.483. The number of fused-ring (bicyclic) bond motifs is 1. The van der Waals surface area contributed by atoms with E-state index in [4.69, 9.17) is 10.2 Å². The molecule has 4 aromatic rings. The molecule has 1 saturated heterocycles. The smallest absolute Gasteiger partial charge is 0.228 e. The summed E-state index contributed by atoms with van der Waals surface area (Å²) in [7, 11) is 0. The number of furan rings is 1. The van der Waals surface area contributed by atoms with Gasteiger partial charge in [-0.3, -0.25) is 4.57 Å². The largest absolute Gasteiger partial charge is 0.467 e. The van der Waals surface area contributed by atoms with Crippen LogP contribution in [0.25, 0.3) is 10.9 Å². The van der Waals surface area contributed by atoms with Crippen LogP contribution >= 0.6 is 11.8 Å². The van der Waals surface area contributed by atoms with E-state index in [9.17, 15) is 0 Å². The zero-order chi connectivity index (χ0) is 19.6. The Balaban J connectivity index is 1.42. The van der Waals surface area contributed by atoms with Gasteiger partial charge in [-0.15, -0.1) is 10.2 Å². The van der Waals surface area contributed by atoms with Crippen LogP contribution in [0.4, 0.5) is 11.8 Å². The van der Waals surface area contributed by atoms with Gasteiger partial charge in [0.1, 0.15) is 17.4 Å². The van der Waals surface area contributed by atoms with Crippen molar-refractivity contribution in [3.8, 4) is 0 Å². The van der Waals surface area contributed by atoms with Crippen molar-refractivity contribution in [2.75, 3.05) is 23.7 Å². The maximum absolute atomic E-state index is 6.12. The van der Waals surface area contributed by atoms with Gasteiger partial charge in [0, 0.05) is 18.5 Å². The molecule has 3 aromatic heterocycles. The van der Waals surface area contributed by atoms with E-state index in [1.165, 1.54) is 12.8 Å². The lowest BCUT2D eigenvalue weighted by Gasteiger charge is -2.17. The van der Waals surface area contributed by atoms with Crippen LogP contribution in [0, 0.1) is 0 Å². The molecule has 0 aliphatic carbocycles. The normalized spacial score (nSPS) is 14.1. The van der Waals surface area contributed by atoms with Crippen molar-refractivity contribution in [1.82, 2.24) is 24.7 Å². The van der Waals surface area contributed by atoms with Crippen molar-refractivity contribution in [3.05, 3.63) is 54.2 Å². The standard InChI is InChI=1S/C20H21N7OS/c21-18-15-7-1-2-8-16(15)22-17(23-18)13-29-20-25-24-19(26-9-3-4-10-26)27(20)12-14-6-5-11-28-14/h1-2,5-8,11H,3-4,9-10,12-13H2,(H2,21,22,23). The van der Waals surface area contributed by atoms with E-state index in [0.29, 0.717) is 23.9 Å². The van der Waals surface area contributed by atoms with Crippen molar-refractivity contribution in [2.45, 2.75) is 30.3 Å². The molecule has 9 heteroatoms. The van der Waals surface area contributed by atoms with Gasteiger partial charge >= 0.3 is 0 Å². The summed E-state index contributed by atoms with van der Waals surface area (Å²) < 4.78 is 7.67. The Bertz CT molecular complexity index is 1120. The number of nitrogen functional groups attached to an aromatic ring is 1. The number of aromatic nitrogens is 5. The monoisotopic (exact) mass is 407 g/mol. The number of nitrogens with two attached hydrogens (primary N) is 1. The number of anilines is 2. The van der Waals surface area contributed by atoms with Gasteiger partial charge < -0.3 is 15.1 Å². The van der Waals surface area contributed by atoms with E-state index in [2.05, 4.69) is 29.6 Å². The molecular formula is C20H21N7OS. The summed E-state index contributed by atoms with van der Waals surface area (Å²) in [6.45, 7) is 2.60. The molecule has 0 radical (unpaired) electrons. The Labute approximate surface area is 172 Å². The molecule has 1 aliphatic rings. The molecule has 29 heavy (non-hydrogen) atoms. The zero-order valence-electron chi connectivity index (χ0n) is 15.9. The van der Waals surface area contributed by atoms with Gasteiger partial charge in [0.15, 0.2) is 5.16 Å². The average molecular weight is 408 g/mol. The van der Waals surface area contributed by atoms with Crippen LogP contribution in [0.3, 0.4) is 0 Å². The lowest BCUT2D eigenvalue weighted by Crippen LogP contribution is -2.22. The molecule has 148 valence electrons. The van der Waals surface area contributed by atoms with Crippen LogP contribution in [0.5, 0.6) is 0 Å². The summed E-state index contributed by atoms with van der Waals surface area (Å²) in [5.41, 5.74) is 6.97. The Kier molecular flexibility index (Phi) is 4.81. The summed E-state index contributed by atoms with van der Waals surface area (Å²) in [4.78, 5) is 11.4. The Morgan fingerprint density at radius 1 is 1.03 bits per heavy atom. The zero-order valence-corrected chi connectivity index (χ0v) is 16.7. The van der Waals surface area contributed by atoms with Crippen molar-refractivity contribution >= 4 is 34.4 Å². The minimum Gasteiger partial charge on any atom is -0.467 e. The van der Waals surface area contributed by atoms with Gasteiger partial charge in [-0.1, -0.05) is 23.9 Å². The molecule has 0 spiro atoms. The van der Waals surface area contributed by atoms with Gasteiger partial charge in [-0.25, -0.2) is 9.97 Å². The molecule has 0 saturated carbocycles. The first kappa shape index (κ1) is 18.0. The minimum absolute atomic E-state index is 0.501. The van der Waals surface area contributed by atoms with Gasteiger partial charge in [0.2, 0.25) is 5.95 Å². The SMILES string of the molecule is Nc1nc(CSc2nnc(N3CCCC3)n2Cc2ccco2)nc2ccccc12. The molecule has 5 rings (SSSR count). The lowest BCUT2D eigenvalue weighted by atomic mass is 10.2. The van der Waals surface area contributed by atoms with E-state index in [1.54, 1.807) is 18.0 Å². The maximum atomic E-state index is 6.12. The molecule has 1 aromatic carbocycles. The van der Waals surface area contributed by atoms with Crippen molar-refractivity contribution < 1.29 is 4.42 Å². The predicted molar refractivity (Wildman–Crippen MR) is 113 cm³/mol. The highest BCUT2D eigenvalue weighted by Gasteiger charge is 2.22. The fraction of sp³-hybridized carbons (Fsp3) is 0.300. The quantitative estimate of drug-likeness (QED) is 0.486. The summed E-state index contributed by atoms with van der Waals surface area (Å²) in [5.74, 6) is 3.51. The highest BCUT2D eigenvalue weighted by Crippen LogP contribution is 2.28. The van der Waals surface area contributed by atoms with Crippen LogP contribution in [0.1, 0.15) is 24.4 Å². The molecular weight excluding hydrogens is 386 g/mol. The molecule has 0 amide bonds. The van der Waals surface area contributed by atoms with Crippen LogP contribution in [-0.4, -0.2) is 37.8 Å². The highest BCUT2D eigenvalue weighted by atomic mass is 32.2. The highest BCUT2D eigenvalue weighted by molar-refractivity contribution is 7.98. The Hall–Kier alpha value is -3.07. The summed E-state index contributed by atoms with van der Waals surface area (Å²) in [6, 6.07) is 11.6. The topological polar surface area (TPSA) is 98.9 Å². The third-order valence-corrected chi connectivity index (χ3v) is 5.95. The number of nitrogens with zero attached hydrogens (tertiary/aromatic N) is 6. The number of thioether (sulfide) groups is 1. The van der Waals surface area contributed by atoms with Gasteiger partial charge in [0.25, 0.3) is 0 Å². The number of rotatable bonds is 6. The van der Waals surface area contributed by atoms with Crippen LogP contribution in [-0.2, 0) is 12.3 Å². The van der Waals surface area contributed by atoms with Crippen molar-refractivity contribution in [2.24, 2.45) is 0 Å². The second-order valence-corrected chi connectivity index (χ2v) is 7.92. The summed E-state index contributed by atoms with van der Waals surface area (Å²) in [6.07, 6.45) is 4.05. The number of para-hydroxylation sites is 1. The van der Waals surface area contributed by atoms with E-state index in [0.717, 1.165) is 40.9 Å². The number of benzene rings is 1. The molecule has 2 N–H and O–H groups in total. The molecule has 8 nitrogen and oxygen atoms in total. The molecule has 0 atom stereocenters. The minimum atomic E-state index is 0.501. The average Bonchev–Trinajstić information content (AvgIpc) is 3.49. The molecule has 0 bridgehead atoms. The van der Waals surface area contributed by atoms with Gasteiger partial charge in [0.05, 0.1) is 24.1 Å². The van der Waals surface area contributed by atoms with E-state index in [-0.39, 0.29) is 0 Å². The van der Waals surface area contributed by atoms with Gasteiger partial charge in [-0.05, 0) is 37.1 Å². The van der Waals surface area contributed by atoms with E-state index >= 15 is 0 Å². The molecule has 0 unspecified atom stereocenters. The third kappa shape index (κ3) is 3.65. The van der Waals surface area contributed by atoms with Crippen LogP contribution < -0.4 is 10.6 Å². The van der Waals surface area contributed by atoms with E-state index in [1.807, 2.05) is 36.4 Å². The first-order chi connectivity index (χ1) is 14.3. The van der Waals surface area contributed by atoms with Crippen molar-refractivity contribution in [1.29, 1.82) is 0 Å². The number of hydrogen-bond acceptors (Lipinski definition) is 8. The maximum Gasteiger partial charge on any atom is 0.228 e. The first-order valence-electron chi connectivity index (χ1n) is 9.62. The predicted octanol–water partition coefficient (Wildman–Crippen LogP) is 3.34. The molecule has 1 aliphatic heterocycles. The summed E-state index contributed by atoms with van der Waals surface area (Å²) in [5, 5.41) is 10.6. The fourth-order valence-corrected chi connectivity index (χ4v) is 4.37.